The van der Waals surface area contributed by atoms with E-state index in [9.17, 15) is 4.79 Å². The highest BCUT2D eigenvalue weighted by Crippen LogP contribution is 2.28. The zero-order valence-electron chi connectivity index (χ0n) is 10.9. The second kappa shape index (κ2) is 8.81. The van der Waals surface area contributed by atoms with E-state index in [0.29, 0.717) is 0 Å². The number of hydrogen-bond donors (Lipinski definition) is 2. The van der Waals surface area contributed by atoms with Gasteiger partial charge in [0.05, 0.1) is 6.04 Å². The van der Waals surface area contributed by atoms with Gasteiger partial charge in [0.15, 0.2) is 0 Å². The van der Waals surface area contributed by atoms with Crippen LogP contribution in [0.15, 0.2) is 0 Å². The summed E-state index contributed by atoms with van der Waals surface area (Å²) in [5.74, 6) is 1.89. The number of thioether (sulfide) groups is 1. The normalized spacial score (nSPS) is 18.2. The summed E-state index contributed by atoms with van der Waals surface area (Å²) >= 11 is 1.73. The lowest BCUT2D eigenvalue weighted by Crippen LogP contribution is -2.41. The molecule has 0 aliphatic heterocycles. The summed E-state index contributed by atoms with van der Waals surface area (Å²) in [7, 11) is 0. The molecule has 1 saturated carbocycles. The lowest BCUT2D eigenvalue weighted by molar-refractivity contribution is -0.122. The van der Waals surface area contributed by atoms with Crippen molar-refractivity contribution >= 4 is 17.7 Å². The third-order valence-electron chi connectivity index (χ3n) is 3.53. The van der Waals surface area contributed by atoms with E-state index in [0.717, 1.165) is 31.1 Å². The van der Waals surface area contributed by atoms with Crippen molar-refractivity contribution in [1.82, 2.24) is 5.32 Å². The topological polar surface area (TPSA) is 55.1 Å². The van der Waals surface area contributed by atoms with Crippen LogP contribution in [0.3, 0.4) is 0 Å². The highest BCUT2D eigenvalue weighted by molar-refractivity contribution is 7.98. The molecule has 0 aromatic heterocycles. The number of nitrogens with one attached hydrogen (secondary N) is 1. The van der Waals surface area contributed by atoms with Crippen LogP contribution in [0.2, 0.25) is 0 Å². The van der Waals surface area contributed by atoms with Gasteiger partial charge in [0.25, 0.3) is 0 Å². The SMILES string of the molecule is CSCC[C@H](N)C(=O)NCCCC1CCCC1. The first-order chi connectivity index (χ1) is 8.24. The Morgan fingerprint density at radius 1 is 1.47 bits per heavy atom. The summed E-state index contributed by atoms with van der Waals surface area (Å²) in [6, 6.07) is -0.325. The zero-order valence-corrected chi connectivity index (χ0v) is 11.7. The van der Waals surface area contributed by atoms with Crippen LogP contribution >= 0.6 is 11.8 Å². The fraction of sp³-hybridized carbons (Fsp3) is 0.923. The smallest absolute Gasteiger partial charge is 0.236 e. The molecule has 0 saturated heterocycles. The first-order valence-corrected chi connectivity index (χ1v) is 8.15. The van der Waals surface area contributed by atoms with Gasteiger partial charge in [-0.2, -0.15) is 11.8 Å². The zero-order chi connectivity index (χ0) is 12.5. The molecule has 0 unspecified atom stereocenters. The van der Waals surface area contributed by atoms with Crippen molar-refractivity contribution in [3.8, 4) is 0 Å². The first kappa shape index (κ1) is 14.8. The average Bonchev–Trinajstić information content (AvgIpc) is 2.84. The minimum absolute atomic E-state index is 0.0190. The molecule has 0 radical (unpaired) electrons. The molecule has 0 bridgehead atoms. The molecular formula is C13H26N2OS. The number of hydrogen-bond acceptors (Lipinski definition) is 3. The van der Waals surface area contributed by atoms with E-state index < -0.39 is 0 Å². The van der Waals surface area contributed by atoms with E-state index in [2.05, 4.69) is 5.32 Å². The van der Waals surface area contributed by atoms with Gasteiger partial charge in [-0.3, -0.25) is 4.79 Å². The number of nitrogens with two attached hydrogens (primary N) is 1. The first-order valence-electron chi connectivity index (χ1n) is 6.76. The van der Waals surface area contributed by atoms with Crippen molar-refractivity contribution in [2.24, 2.45) is 11.7 Å². The van der Waals surface area contributed by atoms with Gasteiger partial charge < -0.3 is 11.1 Å². The Labute approximate surface area is 109 Å². The Hall–Kier alpha value is -0.220. The minimum atomic E-state index is -0.325. The molecule has 1 fully saturated rings. The Morgan fingerprint density at radius 3 is 2.82 bits per heavy atom. The van der Waals surface area contributed by atoms with Crippen LogP contribution in [-0.2, 0) is 4.79 Å². The molecule has 1 rings (SSSR count). The van der Waals surface area contributed by atoms with E-state index in [-0.39, 0.29) is 11.9 Å². The molecule has 0 heterocycles. The molecule has 4 heteroatoms. The molecule has 3 nitrogen and oxygen atoms in total. The monoisotopic (exact) mass is 258 g/mol. The van der Waals surface area contributed by atoms with Crippen LogP contribution in [0.4, 0.5) is 0 Å². The van der Waals surface area contributed by atoms with Crippen LogP contribution in [0.25, 0.3) is 0 Å². The molecular weight excluding hydrogens is 232 g/mol. The third-order valence-corrected chi connectivity index (χ3v) is 4.18. The van der Waals surface area contributed by atoms with E-state index in [1.54, 1.807) is 11.8 Å². The molecule has 0 aromatic carbocycles. The van der Waals surface area contributed by atoms with E-state index in [1.807, 2.05) is 6.26 Å². The summed E-state index contributed by atoms with van der Waals surface area (Å²) in [5.41, 5.74) is 5.78. The largest absolute Gasteiger partial charge is 0.355 e. The summed E-state index contributed by atoms with van der Waals surface area (Å²) in [6.45, 7) is 0.794. The summed E-state index contributed by atoms with van der Waals surface area (Å²) in [5, 5.41) is 2.94. The summed E-state index contributed by atoms with van der Waals surface area (Å²) in [4.78, 5) is 11.6. The fourth-order valence-electron chi connectivity index (χ4n) is 2.41. The second-order valence-corrected chi connectivity index (χ2v) is 5.96. The Bertz CT molecular complexity index is 217. The van der Waals surface area contributed by atoms with Gasteiger partial charge in [0.1, 0.15) is 0 Å². The maximum Gasteiger partial charge on any atom is 0.236 e. The average molecular weight is 258 g/mol. The lowest BCUT2D eigenvalue weighted by Gasteiger charge is -2.12. The number of carbonyl (C=O) groups is 1. The maximum absolute atomic E-state index is 11.6. The van der Waals surface area contributed by atoms with Gasteiger partial charge in [-0.05, 0) is 37.2 Å². The van der Waals surface area contributed by atoms with Gasteiger partial charge in [0, 0.05) is 6.54 Å². The molecule has 0 aromatic rings. The predicted octanol–water partition coefficient (Wildman–Crippen LogP) is 2.15. The van der Waals surface area contributed by atoms with E-state index in [4.69, 9.17) is 5.73 Å². The molecule has 1 atom stereocenters. The molecule has 1 amide bonds. The van der Waals surface area contributed by atoms with Crippen molar-refractivity contribution in [1.29, 1.82) is 0 Å². The number of rotatable bonds is 8. The molecule has 0 spiro atoms. The fourth-order valence-corrected chi connectivity index (χ4v) is 2.90. The Morgan fingerprint density at radius 2 is 2.18 bits per heavy atom. The highest BCUT2D eigenvalue weighted by Gasteiger charge is 2.15. The van der Waals surface area contributed by atoms with Crippen LogP contribution < -0.4 is 11.1 Å². The van der Waals surface area contributed by atoms with Crippen molar-refractivity contribution in [3.63, 3.8) is 0 Å². The maximum atomic E-state index is 11.6. The molecule has 17 heavy (non-hydrogen) atoms. The summed E-state index contributed by atoms with van der Waals surface area (Å²) < 4.78 is 0. The predicted molar refractivity (Wildman–Crippen MR) is 75.2 cm³/mol. The van der Waals surface area contributed by atoms with Crippen LogP contribution in [-0.4, -0.2) is 30.5 Å². The van der Waals surface area contributed by atoms with Crippen molar-refractivity contribution in [2.75, 3.05) is 18.6 Å². The van der Waals surface area contributed by atoms with E-state index >= 15 is 0 Å². The highest BCUT2D eigenvalue weighted by atomic mass is 32.2. The lowest BCUT2D eigenvalue weighted by atomic mass is 10.0. The van der Waals surface area contributed by atoms with Gasteiger partial charge in [-0.15, -0.1) is 0 Å². The van der Waals surface area contributed by atoms with Gasteiger partial charge >= 0.3 is 0 Å². The second-order valence-electron chi connectivity index (χ2n) is 4.97. The van der Waals surface area contributed by atoms with Gasteiger partial charge in [-0.25, -0.2) is 0 Å². The minimum Gasteiger partial charge on any atom is -0.355 e. The molecule has 1 aliphatic rings. The standard InChI is InChI=1S/C13H26N2OS/c1-17-10-8-12(14)13(16)15-9-4-7-11-5-2-3-6-11/h11-12H,2-10,14H2,1H3,(H,15,16)/t12-/m0/s1. The van der Waals surface area contributed by atoms with Crippen molar-refractivity contribution < 1.29 is 4.79 Å². The molecule has 1 aliphatic carbocycles. The quantitative estimate of drug-likeness (QED) is 0.656. The number of carbonyl (C=O) groups excluding carboxylic acids is 1. The van der Waals surface area contributed by atoms with Gasteiger partial charge in [-0.1, -0.05) is 25.7 Å². The Balaban J connectivity index is 1.98. The summed E-state index contributed by atoms with van der Waals surface area (Å²) in [6.07, 6.45) is 10.8. The van der Waals surface area contributed by atoms with Crippen LogP contribution in [0, 0.1) is 5.92 Å². The van der Waals surface area contributed by atoms with Gasteiger partial charge in [0.2, 0.25) is 5.91 Å². The van der Waals surface area contributed by atoms with Crippen LogP contribution in [0.1, 0.15) is 44.9 Å². The molecule has 100 valence electrons. The molecule has 3 N–H and O–H groups in total. The van der Waals surface area contributed by atoms with Crippen molar-refractivity contribution in [2.45, 2.75) is 51.0 Å². The van der Waals surface area contributed by atoms with E-state index in [1.165, 1.54) is 32.1 Å². The Kier molecular flexibility index (Phi) is 7.69. The number of amides is 1. The van der Waals surface area contributed by atoms with Crippen LogP contribution in [0.5, 0.6) is 0 Å². The third kappa shape index (κ3) is 6.32. The van der Waals surface area contributed by atoms with Crippen molar-refractivity contribution in [3.05, 3.63) is 0 Å².